The Morgan fingerprint density at radius 1 is 1.20 bits per heavy atom. The largest absolute Gasteiger partial charge is 0.491 e. The van der Waals surface area contributed by atoms with Crippen LogP contribution in [0.4, 0.5) is 4.39 Å². The zero-order chi connectivity index (χ0) is 21.1. The van der Waals surface area contributed by atoms with Gasteiger partial charge in [0, 0.05) is 31.2 Å². The predicted molar refractivity (Wildman–Crippen MR) is 108 cm³/mol. The molecule has 1 aromatic heterocycles. The van der Waals surface area contributed by atoms with E-state index in [9.17, 15) is 9.18 Å². The minimum Gasteiger partial charge on any atom is -0.491 e. The topological polar surface area (TPSA) is 68.0 Å². The maximum absolute atomic E-state index is 13.0. The van der Waals surface area contributed by atoms with Crippen molar-refractivity contribution in [3.8, 4) is 5.75 Å². The fourth-order valence-corrected chi connectivity index (χ4v) is 4.16. The number of hydrogen-bond acceptors (Lipinski definition) is 6. The Morgan fingerprint density at radius 2 is 1.93 bits per heavy atom. The number of aryl methyl sites for hydroxylation is 2. The number of hydrogen-bond donors (Lipinski definition) is 0. The first-order valence-corrected chi connectivity index (χ1v) is 10.4. The van der Waals surface area contributed by atoms with Gasteiger partial charge in [-0.3, -0.25) is 9.69 Å². The lowest BCUT2D eigenvalue weighted by molar-refractivity contribution is -0.155. The number of aromatic nitrogens is 1. The van der Waals surface area contributed by atoms with Gasteiger partial charge in [-0.25, -0.2) is 4.39 Å². The SMILES string of the molecule is Cc1noc(C)c1CN1CCC(N2C[C@@H](COc3ccc(F)cc3)OCC2=O)CC1. The molecule has 0 bridgehead atoms. The molecular formula is C22H28FN3O4. The van der Waals surface area contributed by atoms with E-state index < -0.39 is 0 Å². The number of rotatable bonds is 6. The zero-order valence-electron chi connectivity index (χ0n) is 17.5. The first-order valence-electron chi connectivity index (χ1n) is 10.4. The summed E-state index contributed by atoms with van der Waals surface area (Å²) in [5.74, 6) is 1.21. The van der Waals surface area contributed by atoms with Crippen LogP contribution in [0, 0.1) is 19.7 Å². The molecule has 0 N–H and O–H groups in total. The van der Waals surface area contributed by atoms with Crippen molar-refractivity contribution in [2.24, 2.45) is 0 Å². The third-order valence-corrected chi connectivity index (χ3v) is 5.97. The molecule has 1 amide bonds. The molecule has 0 saturated carbocycles. The summed E-state index contributed by atoms with van der Waals surface area (Å²) >= 11 is 0. The molecule has 162 valence electrons. The lowest BCUT2D eigenvalue weighted by atomic mass is 10.0. The van der Waals surface area contributed by atoms with E-state index in [1.807, 2.05) is 18.7 Å². The fourth-order valence-electron chi connectivity index (χ4n) is 4.16. The first-order chi connectivity index (χ1) is 14.5. The summed E-state index contributed by atoms with van der Waals surface area (Å²) in [6.07, 6.45) is 1.68. The van der Waals surface area contributed by atoms with Crippen LogP contribution in [0.5, 0.6) is 5.75 Å². The van der Waals surface area contributed by atoms with Gasteiger partial charge in [0.2, 0.25) is 5.91 Å². The summed E-state index contributed by atoms with van der Waals surface area (Å²) < 4.78 is 29.7. The van der Waals surface area contributed by atoms with E-state index in [2.05, 4.69) is 10.1 Å². The number of morpholine rings is 1. The smallest absolute Gasteiger partial charge is 0.248 e. The average molecular weight is 417 g/mol. The number of piperidine rings is 1. The molecule has 0 aliphatic carbocycles. The zero-order valence-corrected chi connectivity index (χ0v) is 17.5. The molecule has 0 radical (unpaired) electrons. The highest BCUT2D eigenvalue weighted by Gasteiger charge is 2.34. The van der Waals surface area contributed by atoms with Gasteiger partial charge in [-0.1, -0.05) is 5.16 Å². The maximum Gasteiger partial charge on any atom is 0.248 e. The second kappa shape index (κ2) is 9.14. The summed E-state index contributed by atoms with van der Waals surface area (Å²) in [5.41, 5.74) is 2.11. The van der Waals surface area contributed by atoms with E-state index in [1.54, 1.807) is 12.1 Å². The molecule has 1 aromatic carbocycles. The van der Waals surface area contributed by atoms with Crippen molar-refractivity contribution in [3.05, 3.63) is 47.1 Å². The fraction of sp³-hybridized carbons (Fsp3) is 0.545. The molecule has 4 rings (SSSR count). The molecule has 30 heavy (non-hydrogen) atoms. The summed E-state index contributed by atoms with van der Waals surface area (Å²) in [6, 6.07) is 6.13. The normalized spacial score (nSPS) is 21.2. The van der Waals surface area contributed by atoms with Gasteiger partial charge in [-0.2, -0.15) is 0 Å². The second-order valence-corrected chi connectivity index (χ2v) is 8.05. The minimum absolute atomic E-state index is 0.0391. The third kappa shape index (κ3) is 4.82. The highest BCUT2D eigenvalue weighted by atomic mass is 19.1. The quantitative estimate of drug-likeness (QED) is 0.720. The molecule has 2 aromatic rings. The van der Waals surface area contributed by atoms with Gasteiger partial charge >= 0.3 is 0 Å². The number of benzene rings is 1. The molecule has 2 fully saturated rings. The Morgan fingerprint density at radius 3 is 2.60 bits per heavy atom. The van der Waals surface area contributed by atoms with Gasteiger partial charge in [-0.15, -0.1) is 0 Å². The Balaban J connectivity index is 1.28. The van der Waals surface area contributed by atoms with E-state index in [4.69, 9.17) is 14.0 Å². The van der Waals surface area contributed by atoms with Crippen LogP contribution in [0.15, 0.2) is 28.8 Å². The van der Waals surface area contributed by atoms with Gasteiger partial charge in [0.15, 0.2) is 0 Å². The van der Waals surface area contributed by atoms with Gasteiger partial charge < -0.3 is 18.9 Å². The molecular weight excluding hydrogens is 389 g/mol. The van der Waals surface area contributed by atoms with Crippen molar-refractivity contribution in [2.75, 3.05) is 32.8 Å². The van der Waals surface area contributed by atoms with Gasteiger partial charge in [0.05, 0.1) is 12.2 Å². The average Bonchev–Trinajstić information content (AvgIpc) is 3.07. The number of ether oxygens (including phenoxy) is 2. The van der Waals surface area contributed by atoms with Crippen LogP contribution >= 0.6 is 0 Å². The Hall–Kier alpha value is -2.45. The summed E-state index contributed by atoms with van der Waals surface area (Å²) in [6.45, 7) is 7.54. The summed E-state index contributed by atoms with van der Waals surface area (Å²) in [4.78, 5) is 16.8. The van der Waals surface area contributed by atoms with Crippen molar-refractivity contribution in [1.82, 2.24) is 15.0 Å². The Bertz CT molecular complexity index is 842. The van der Waals surface area contributed by atoms with Gasteiger partial charge in [0.1, 0.15) is 36.6 Å². The van der Waals surface area contributed by atoms with Gasteiger partial charge in [0.25, 0.3) is 0 Å². The maximum atomic E-state index is 13.0. The van der Waals surface area contributed by atoms with Crippen LogP contribution in [0.3, 0.4) is 0 Å². The highest BCUT2D eigenvalue weighted by Crippen LogP contribution is 2.23. The number of halogens is 1. The molecule has 8 heteroatoms. The monoisotopic (exact) mass is 417 g/mol. The van der Waals surface area contributed by atoms with Crippen molar-refractivity contribution in [1.29, 1.82) is 0 Å². The van der Waals surface area contributed by atoms with Crippen LogP contribution in [0.25, 0.3) is 0 Å². The molecule has 0 spiro atoms. The molecule has 2 aliphatic rings. The number of nitrogens with zero attached hydrogens (tertiary/aromatic N) is 3. The van der Waals surface area contributed by atoms with Crippen molar-refractivity contribution < 1.29 is 23.2 Å². The van der Waals surface area contributed by atoms with Crippen molar-refractivity contribution in [2.45, 2.75) is 45.4 Å². The van der Waals surface area contributed by atoms with E-state index in [0.29, 0.717) is 18.9 Å². The van der Waals surface area contributed by atoms with Crippen LogP contribution in [-0.2, 0) is 16.1 Å². The highest BCUT2D eigenvalue weighted by molar-refractivity contribution is 5.78. The summed E-state index contributed by atoms with van der Waals surface area (Å²) in [5, 5.41) is 4.03. The third-order valence-electron chi connectivity index (χ3n) is 5.97. The lowest BCUT2D eigenvalue weighted by Gasteiger charge is -2.42. The lowest BCUT2D eigenvalue weighted by Crippen LogP contribution is -2.55. The number of amides is 1. The molecule has 7 nitrogen and oxygen atoms in total. The van der Waals surface area contributed by atoms with Crippen molar-refractivity contribution in [3.63, 3.8) is 0 Å². The Labute approximate surface area is 175 Å². The molecule has 2 saturated heterocycles. The first kappa shape index (κ1) is 20.8. The van der Waals surface area contributed by atoms with E-state index in [0.717, 1.165) is 49.5 Å². The number of carbonyl (C=O) groups excluding carboxylic acids is 1. The number of carbonyl (C=O) groups is 1. The molecule has 0 unspecified atom stereocenters. The van der Waals surface area contributed by atoms with Crippen molar-refractivity contribution >= 4 is 5.91 Å². The van der Waals surface area contributed by atoms with Crippen LogP contribution in [0.1, 0.15) is 29.9 Å². The number of likely N-dealkylation sites (tertiary alicyclic amines) is 1. The molecule has 3 heterocycles. The predicted octanol–water partition coefficient (Wildman–Crippen LogP) is 2.70. The molecule has 2 aliphatic heterocycles. The summed E-state index contributed by atoms with van der Waals surface area (Å²) in [7, 11) is 0. The van der Waals surface area contributed by atoms with Crippen LogP contribution in [0.2, 0.25) is 0 Å². The molecule has 1 atom stereocenters. The van der Waals surface area contributed by atoms with Gasteiger partial charge in [-0.05, 0) is 51.0 Å². The van der Waals surface area contributed by atoms with Crippen LogP contribution < -0.4 is 4.74 Å². The van der Waals surface area contributed by atoms with Crippen LogP contribution in [-0.4, -0.2) is 65.9 Å². The van der Waals surface area contributed by atoms with E-state index in [-0.39, 0.29) is 30.5 Å². The second-order valence-electron chi connectivity index (χ2n) is 8.05. The van der Waals surface area contributed by atoms with E-state index in [1.165, 1.54) is 12.1 Å². The Kier molecular flexibility index (Phi) is 6.34. The standard InChI is InChI=1S/C22H28FN3O4/c1-15-21(16(2)30-24-15)12-25-9-7-18(8-10-25)26-11-20(29-14-22(26)27)13-28-19-5-3-17(23)4-6-19/h3-6,18,20H,7-14H2,1-2H3/t20-/m0/s1. The minimum atomic E-state index is -0.297. The van der Waals surface area contributed by atoms with E-state index >= 15 is 0 Å².